The van der Waals surface area contributed by atoms with Crippen LogP contribution in [0.4, 0.5) is 0 Å². The van der Waals surface area contributed by atoms with E-state index in [4.69, 9.17) is 5.14 Å². The predicted octanol–water partition coefficient (Wildman–Crippen LogP) is 1.63. The van der Waals surface area contributed by atoms with Gasteiger partial charge in [0.15, 0.2) is 5.75 Å². The topological polar surface area (TPSA) is 80.1 Å². The Morgan fingerprint density at radius 2 is 1.53 bits per heavy atom. The summed E-state index contributed by atoms with van der Waals surface area (Å²) in [6.45, 7) is 0. The van der Waals surface area contributed by atoms with E-state index in [-0.39, 0.29) is 10.6 Å². The second-order valence-corrected chi connectivity index (χ2v) is 4.68. The van der Waals surface area contributed by atoms with E-state index in [1.54, 1.807) is 24.3 Å². The molecule has 15 heavy (non-hydrogen) atoms. The number of hydrogen-bond acceptors (Lipinski definition) is 2. The first kappa shape index (κ1) is 9.95. The van der Waals surface area contributed by atoms with Crippen LogP contribution in [0.1, 0.15) is 0 Å². The zero-order valence-corrected chi connectivity index (χ0v) is 8.49. The quantitative estimate of drug-likeness (QED) is 0.795. The van der Waals surface area contributed by atoms with Gasteiger partial charge in [-0.25, -0.2) is 13.6 Å². The fourth-order valence-electron chi connectivity index (χ4n) is 1.49. The lowest BCUT2D eigenvalue weighted by Crippen LogP contribution is -2.12. The van der Waals surface area contributed by atoms with Crippen molar-refractivity contribution in [3.05, 3.63) is 36.4 Å². The maximum atomic E-state index is 11.4. The Bertz CT molecular complexity index is 620. The smallest absolute Gasteiger partial charge is 0.238 e. The molecule has 0 aliphatic carbocycles. The molecule has 0 aliphatic rings. The van der Waals surface area contributed by atoms with Gasteiger partial charge < -0.3 is 0 Å². The highest BCUT2D eigenvalue weighted by Gasteiger charge is 2.14. The Labute approximate surface area is 87.0 Å². The minimum atomic E-state index is -3.79. The highest BCUT2D eigenvalue weighted by atomic mass is 32.2. The third-order valence-corrected chi connectivity index (χ3v) is 3.12. The van der Waals surface area contributed by atoms with Gasteiger partial charge in [0.25, 0.3) is 0 Å². The van der Waals surface area contributed by atoms with Crippen molar-refractivity contribution in [2.45, 2.75) is 4.90 Å². The first-order chi connectivity index (χ1) is 7.00. The predicted molar refractivity (Wildman–Crippen MR) is 55.5 cm³/mol. The van der Waals surface area contributed by atoms with Gasteiger partial charge in [0.2, 0.25) is 10.0 Å². The van der Waals surface area contributed by atoms with Gasteiger partial charge in [0.05, 0.1) is 4.90 Å². The van der Waals surface area contributed by atoms with Gasteiger partial charge in [0.1, 0.15) is 0 Å². The average Bonchev–Trinajstić information content (AvgIpc) is 2.17. The maximum Gasteiger partial charge on any atom is 0.238 e. The Balaban J connectivity index is 2.96. The summed E-state index contributed by atoms with van der Waals surface area (Å²) < 4.78 is 22.5. The van der Waals surface area contributed by atoms with Gasteiger partial charge in [-0.3, -0.25) is 5.11 Å². The second-order valence-electron chi connectivity index (χ2n) is 3.15. The first-order valence-electron chi connectivity index (χ1n) is 4.22. The van der Waals surface area contributed by atoms with E-state index in [9.17, 15) is 13.5 Å². The van der Waals surface area contributed by atoms with Crippen LogP contribution in [0.25, 0.3) is 10.8 Å². The highest BCUT2D eigenvalue weighted by molar-refractivity contribution is 7.89. The summed E-state index contributed by atoms with van der Waals surface area (Å²) in [5.74, 6) is -0.210. The zero-order valence-electron chi connectivity index (χ0n) is 7.67. The average molecular weight is 222 g/mol. The van der Waals surface area contributed by atoms with Crippen LogP contribution in [0.5, 0.6) is 5.75 Å². The number of hydrogen-bond donors (Lipinski definition) is 1. The molecule has 5 heteroatoms. The fourth-order valence-corrected chi connectivity index (χ4v) is 2.23. The molecule has 77 valence electrons. The molecule has 0 saturated heterocycles. The molecule has 0 unspecified atom stereocenters. The third-order valence-electron chi connectivity index (χ3n) is 2.15. The summed E-state index contributed by atoms with van der Waals surface area (Å²) >= 11 is 0. The molecule has 2 N–H and O–H groups in total. The summed E-state index contributed by atoms with van der Waals surface area (Å²) in [5, 5.41) is 17.2. The lowest BCUT2D eigenvalue weighted by molar-refractivity contribution is 0.360. The third kappa shape index (κ3) is 1.67. The molecule has 0 atom stereocenters. The number of nitrogens with two attached hydrogens (primary N) is 1. The molecular weight excluding hydrogens is 214 g/mol. The van der Waals surface area contributed by atoms with Crippen LogP contribution in [-0.2, 0) is 15.1 Å². The van der Waals surface area contributed by atoms with Crippen LogP contribution in [0.15, 0.2) is 41.3 Å². The molecule has 4 nitrogen and oxygen atoms in total. The van der Waals surface area contributed by atoms with Crippen LogP contribution in [0.2, 0.25) is 0 Å². The normalized spacial score (nSPS) is 11.8. The molecule has 2 rings (SSSR count). The van der Waals surface area contributed by atoms with Gasteiger partial charge >= 0.3 is 0 Å². The first-order valence-corrected chi connectivity index (χ1v) is 5.76. The molecule has 0 saturated carbocycles. The molecule has 0 heterocycles. The van der Waals surface area contributed by atoms with Gasteiger partial charge in [0, 0.05) is 10.8 Å². The van der Waals surface area contributed by atoms with Crippen molar-refractivity contribution < 1.29 is 13.5 Å². The number of primary sulfonamides is 1. The molecule has 1 radical (unpaired) electrons. The SMILES string of the molecule is NS(=O)(=O)c1ccc([O])c2ccccc12. The molecule has 2 aromatic rings. The minimum absolute atomic E-state index is 0.0160. The van der Waals surface area contributed by atoms with Gasteiger partial charge in [-0.15, -0.1) is 0 Å². The van der Waals surface area contributed by atoms with Crippen molar-refractivity contribution in [1.82, 2.24) is 0 Å². The number of fused-ring (bicyclic) bond motifs is 1. The van der Waals surface area contributed by atoms with Crippen LogP contribution in [-0.4, -0.2) is 8.42 Å². The van der Waals surface area contributed by atoms with E-state index in [2.05, 4.69) is 0 Å². The zero-order chi connectivity index (χ0) is 11.1. The molecule has 0 amide bonds. The number of benzene rings is 2. The van der Waals surface area contributed by atoms with E-state index < -0.39 is 10.0 Å². The number of sulfonamides is 1. The standard InChI is InChI=1S/C10H8NO3S/c11-15(13,14)10-6-5-9(12)7-3-1-2-4-8(7)10/h1-6H,(H2,11,13,14). The molecule has 0 bridgehead atoms. The van der Waals surface area contributed by atoms with Crippen LogP contribution < -0.4 is 5.14 Å². The van der Waals surface area contributed by atoms with Gasteiger partial charge in [-0.2, -0.15) is 0 Å². The van der Waals surface area contributed by atoms with Gasteiger partial charge in [-0.1, -0.05) is 24.3 Å². The van der Waals surface area contributed by atoms with Crippen LogP contribution in [0.3, 0.4) is 0 Å². The Morgan fingerprint density at radius 1 is 0.933 bits per heavy atom. The van der Waals surface area contributed by atoms with E-state index in [1.165, 1.54) is 12.1 Å². The summed E-state index contributed by atoms with van der Waals surface area (Å²) in [6.07, 6.45) is 0. The van der Waals surface area contributed by atoms with Crippen molar-refractivity contribution in [2.24, 2.45) is 5.14 Å². The van der Waals surface area contributed by atoms with Crippen LogP contribution in [0, 0.1) is 0 Å². The minimum Gasteiger partial charge on any atom is -0.289 e. The molecule has 0 aliphatic heterocycles. The second kappa shape index (κ2) is 3.22. The van der Waals surface area contributed by atoms with E-state index >= 15 is 0 Å². The molecule has 0 spiro atoms. The maximum absolute atomic E-state index is 11.4. The largest absolute Gasteiger partial charge is 0.289 e. The van der Waals surface area contributed by atoms with E-state index in [0.717, 1.165) is 0 Å². The Kier molecular flexibility index (Phi) is 2.13. The summed E-state index contributed by atoms with van der Waals surface area (Å²) in [4.78, 5) is -0.0160. The molecule has 2 aromatic carbocycles. The van der Waals surface area contributed by atoms with Crippen molar-refractivity contribution in [2.75, 3.05) is 0 Å². The molecular formula is C10H8NO3S. The number of rotatable bonds is 1. The van der Waals surface area contributed by atoms with Crippen molar-refractivity contribution in [1.29, 1.82) is 0 Å². The molecule has 0 aromatic heterocycles. The fraction of sp³-hybridized carbons (Fsp3) is 0. The summed E-state index contributed by atoms with van der Waals surface area (Å²) in [5.41, 5.74) is 0. The lowest BCUT2D eigenvalue weighted by Gasteiger charge is -2.04. The van der Waals surface area contributed by atoms with Crippen molar-refractivity contribution in [3.63, 3.8) is 0 Å². The van der Waals surface area contributed by atoms with Crippen molar-refractivity contribution in [3.8, 4) is 5.75 Å². The Morgan fingerprint density at radius 3 is 2.13 bits per heavy atom. The van der Waals surface area contributed by atoms with Crippen molar-refractivity contribution >= 4 is 20.8 Å². The lowest BCUT2D eigenvalue weighted by atomic mass is 10.1. The van der Waals surface area contributed by atoms with E-state index in [0.29, 0.717) is 10.8 Å². The molecule has 0 fully saturated rings. The summed E-state index contributed by atoms with van der Waals surface area (Å²) in [6, 6.07) is 8.93. The van der Waals surface area contributed by atoms with E-state index in [1.807, 2.05) is 0 Å². The van der Waals surface area contributed by atoms with Crippen LogP contribution >= 0.6 is 0 Å². The monoisotopic (exact) mass is 222 g/mol. The Hall–Kier alpha value is -1.59. The highest BCUT2D eigenvalue weighted by Crippen LogP contribution is 2.29. The summed E-state index contributed by atoms with van der Waals surface area (Å²) in [7, 11) is -3.79. The van der Waals surface area contributed by atoms with Gasteiger partial charge in [-0.05, 0) is 12.1 Å².